The molecule has 0 aromatic heterocycles. The molecule has 1 rings (SSSR count). The average Bonchev–Trinajstić information content (AvgIpc) is 1.79. The lowest BCUT2D eigenvalue weighted by atomic mass is 10.1. The smallest absolute Gasteiger partial charge is 0.203 e. The van der Waals surface area contributed by atoms with E-state index in [2.05, 4.69) is 0 Å². The van der Waals surface area contributed by atoms with E-state index in [1.807, 2.05) is 13.8 Å². The van der Waals surface area contributed by atoms with Gasteiger partial charge in [0, 0.05) is 17.2 Å². The molecule has 0 aliphatic carbocycles. The van der Waals surface area contributed by atoms with Crippen LogP contribution in [-0.2, 0) is 14.6 Å². The van der Waals surface area contributed by atoms with Crippen LogP contribution in [0.25, 0.3) is 0 Å². The van der Waals surface area contributed by atoms with Gasteiger partial charge in [-0.3, -0.25) is 4.79 Å². The zero-order valence-electron chi connectivity index (χ0n) is 5.34. The molecule has 1 saturated heterocycles. The molecule has 0 spiro atoms. The quantitative estimate of drug-likeness (QED) is 0.503. The minimum Gasteiger partial charge on any atom is -0.286 e. The molecule has 9 heavy (non-hydrogen) atoms. The lowest BCUT2D eigenvalue weighted by molar-refractivity contribution is -0.111. The van der Waals surface area contributed by atoms with Gasteiger partial charge in [0.1, 0.15) is 0 Å². The van der Waals surface area contributed by atoms with Crippen LogP contribution in [0, 0.1) is 0 Å². The molecular weight excluding hydrogens is 156 g/mol. The first kappa shape index (κ1) is 7.28. The molecule has 0 N–H and O–H groups in total. The van der Waals surface area contributed by atoms with E-state index < -0.39 is 9.83 Å². The number of hydrogen-bond donors (Lipinski definition) is 0. The molecule has 0 aromatic rings. The van der Waals surface area contributed by atoms with Crippen molar-refractivity contribution in [3.63, 3.8) is 0 Å². The van der Waals surface area contributed by atoms with Gasteiger partial charge in [-0.05, 0) is 13.8 Å². The Morgan fingerprint density at radius 2 is 2.22 bits per heavy atom. The third-order valence-electron chi connectivity index (χ3n) is 1.19. The summed E-state index contributed by atoms with van der Waals surface area (Å²) in [6, 6.07) is 0. The zero-order chi connectivity index (χ0) is 7.07. The van der Waals surface area contributed by atoms with Crippen LogP contribution in [0.1, 0.15) is 20.3 Å². The first-order chi connectivity index (χ1) is 4.02. The van der Waals surface area contributed by atoms with Crippen molar-refractivity contribution in [2.45, 2.75) is 25.0 Å². The molecule has 2 nitrogen and oxygen atoms in total. The fraction of sp³-hybridized carbons (Fsp3) is 0.800. The largest absolute Gasteiger partial charge is 0.286 e. The monoisotopic (exact) mass is 164 g/mol. The molecule has 4 heteroatoms. The van der Waals surface area contributed by atoms with Crippen molar-refractivity contribution in [3.8, 4) is 0 Å². The van der Waals surface area contributed by atoms with Crippen LogP contribution in [-0.4, -0.2) is 14.1 Å². The first-order valence-corrected chi connectivity index (χ1v) is 5.14. The zero-order valence-corrected chi connectivity index (χ0v) is 6.97. The summed E-state index contributed by atoms with van der Waals surface area (Å²) in [6.07, 6.45) is 0.449. The Morgan fingerprint density at radius 3 is 2.33 bits per heavy atom. The fourth-order valence-corrected chi connectivity index (χ4v) is 3.32. The lowest BCUT2D eigenvalue weighted by Crippen LogP contribution is -2.18. The molecule has 0 amide bonds. The second-order valence-corrected chi connectivity index (χ2v) is 6.23. The van der Waals surface area contributed by atoms with E-state index in [0.717, 1.165) is 10.8 Å². The predicted octanol–water partition coefficient (Wildman–Crippen LogP) is 1.09. The average molecular weight is 164 g/mol. The molecule has 1 aliphatic heterocycles. The second-order valence-electron chi connectivity index (χ2n) is 2.63. The van der Waals surface area contributed by atoms with E-state index >= 15 is 0 Å². The molecule has 1 aliphatic rings. The van der Waals surface area contributed by atoms with Crippen LogP contribution in [0.5, 0.6) is 0 Å². The molecule has 1 atom stereocenters. The molecule has 1 heterocycles. The first-order valence-electron chi connectivity index (χ1n) is 2.65. The third kappa shape index (κ3) is 1.35. The highest BCUT2D eigenvalue weighted by molar-refractivity contribution is 8.76. The van der Waals surface area contributed by atoms with Gasteiger partial charge in [0.05, 0.1) is 14.6 Å². The topological polar surface area (TPSA) is 34.1 Å². The summed E-state index contributed by atoms with van der Waals surface area (Å²) in [5.74, 6) is 0. The van der Waals surface area contributed by atoms with E-state index in [-0.39, 0.29) is 9.86 Å². The Morgan fingerprint density at radius 1 is 1.67 bits per heavy atom. The standard InChI is InChI=1S/C5H8O2S2/c1-5(2)3-4(6)8-9(5)7/h3H2,1-2H3. The van der Waals surface area contributed by atoms with Crippen molar-refractivity contribution in [3.05, 3.63) is 0 Å². The van der Waals surface area contributed by atoms with Crippen molar-refractivity contribution in [1.82, 2.24) is 0 Å². The van der Waals surface area contributed by atoms with E-state index in [9.17, 15) is 9.00 Å². The maximum absolute atomic E-state index is 11.0. The number of carbonyl (C=O) groups excluding carboxylic acids is 1. The summed E-state index contributed by atoms with van der Waals surface area (Å²) in [5, 5.41) is 0.0540. The van der Waals surface area contributed by atoms with Gasteiger partial charge in [-0.1, -0.05) is 0 Å². The highest BCUT2D eigenvalue weighted by Gasteiger charge is 2.38. The minimum absolute atomic E-state index is 0.0540. The van der Waals surface area contributed by atoms with Gasteiger partial charge in [0.2, 0.25) is 5.12 Å². The van der Waals surface area contributed by atoms with Crippen LogP contribution >= 0.6 is 10.8 Å². The summed E-state index contributed by atoms with van der Waals surface area (Å²) in [6.45, 7) is 3.70. The van der Waals surface area contributed by atoms with Crippen molar-refractivity contribution in [1.29, 1.82) is 0 Å². The summed E-state index contributed by atoms with van der Waals surface area (Å²) in [5.41, 5.74) is 0. The van der Waals surface area contributed by atoms with Crippen LogP contribution in [0.4, 0.5) is 0 Å². The highest BCUT2D eigenvalue weighted by atomic mass is 33.1. The van der Waals surface area contributed by atoms with Gasteiger partial charge in [-0.25, -0.2) is 4.21 Å². The number of rotatable bonds is 0. The molecule has 0 aromatic carbocycles. The summed E-state index contributed by atoms with van der Waals surface area (Å²) < 4.78 is 10.7. The van der Waals surface area contributed by atoms with Gasteiger partial charge < -0.3 is 0 Å². The maximum atomic E-state index is 11.0. The second kappa shape index (κ2) is 2.09. The van der Waals surface area contributed by atoms with Crippen molar-refractivity contribution in [2.75, 3.05) is 0 Å². The summed E-state index contributed by atoms with van der Waals surface area (Å²) in [4.78, 5) is 10.6. The van der Waals surface area contributed by atoms with Gasteiger partial charge in [-0.2, -0.15) is 0 Å². The molecule has 0 saturated carbocycles. The molecule has 0 radical (unpaired) electrons. The van der Waals surface area contributed by atoms with Crippen LogP contribution in [0.3, 0.4) is 0 Å². The van der Waals surface area contributed by atoms with Gasteiger partial charge in [0.25, 0.3) is 0 Å². The Kier molecular flexibility index (Phi) is 1.69. The van der Waals surface area contributed by atoms with Gasteiger partial charge >= 0.3 is 0 Å². The van der Waals surface area contributed by atoms with E-state index in [1.54, 1.807) is 0 Å². The third-order valence-corrected chi connectivity index (χ3v) is 5.08. The van der Waals surface area contributed by atoms with Crippen molar-refractivity contribution >= 4 is 25.7 Å². The minimum atomic E-state index is -0.996. The molecular formula is C5H8O2S2. The molecule has 52 valence electrons. The Labute approximate surface area is 60.3 Å². The predicted molar refractivity (Wildman–Crippen MR) is 39.4 cm³/mol. The Hall–Kier alpha value is 0.170. The SMILES string of the molecule is CC1(C)CC(=O)SS1=O. The maximum Gasteiger partial charge on any atom is 0.203 e. The number of hydrogen-bond acceptors (Lipinski definition) is 3. The van der Waals surface area contributed by atoms with Crippen LogP contribution in [0.15, 0.2) is 0 Å². The van der Waals surface area contributed by atoms with Gasteiger partial charge in [0.15, 0.2) is 0 Å². The van der Waals surface area contributed by atoms with E-state index in [0.29, 0.717) is 6.42 Å². The van der Waals surface area contributed by atoms with Crippen molar-refractivity contribution in [2.24, 2.45) is 0 Å². The number of carbonyl (C=O) groups is 1. The summed E-state index contributed by atoms with van der Waals surface area (Å²) in [7, 11) is -0.0355. The fourth-order valence-electron chi connectivity index (χ4n) is 0.633. The van der Waals surface area contributed by atoms with E-state index in [1.165, 1.54) is 0 Å². The Balaban J connectivity index is 2.81. The van der Waals surface area contributed by atoms with Crippen molar-refractivity contribution < 1.29 is 9.00 Å². The summed E-state index contributed by atoms with van der Waals surface area (Å²) >= 11 is 0. The normalized spacial score (nSPS) is 33.1. The lowest BCUT2D eigenvalue weighted by Gasteiger charge is -2.10. The van der Waals surface area contributed by atoms with E-state index in [4.69, 9.17) is 0 Å². The molecule has 1 fully saturated rings. The van der Waals surface area contributed by atoms with Gasteiger partial charge in [-0.15, -0.1) is 0 Å². The Bertz CT molecular complexity index is 174. The van der Waals surface area contributed by atoms with Crippen LogP contribution < -0.4 is 0 Å². The molecule has 1 unspecified atom stereocenters. The highest BCUT2D eigenvalue weighted by Crippen LogP contribution is 2.36. The molecule has 0 bridgehead atoms. The van der Waals surface area contributed by atoms with Crippen LogP contribution in [0.2, 0.25) is 0 Å².